The van der Waals surface area contributed by atoms with Gasteiger partial charge in [-0.05, 0) is 49.4 Å². The number of rotatable bonds is 2. The highest BCUT2D eigenvalue weighted by atomic mass is 16.1. The molecule has 60 valence electrons. The van der Waals surface area contributed by atoms with Gasteiger partial charge in [-0.15, -0.1) is 0 Å². The molecule has 0 atom stereocenters. The van der Waals surface area contributed by atoms with Crippen molar-refractivity contribution in [3.63, 3.8) is 0 Å². The van der Waals surface area contributed by atoms with E-state index in [1.54, 1.807) is 6.92 Å². The van der Waals surface area contributed by atoms with Crippen molar-refractivity contribution in [2.45, 2.75) is 39.0 Å². The van der Waals surface area contributed by atoms with Gasteiger partial charge in [-0.25, -0.2) is 0 Å². The molecule has 0 heterocycles. The average Bonchev–Trinajstić information content (AvgIpc) is 2.79. The zero-order valence-electron chi connectivity index (χ0n) is 7.02. The first-order valence-corrected chi connectivity index (χ1v) is 4.71. The Morgan fingerprint density at radius 3 is 2.00 bits per heavy atom. The summed E-state index contributed by atoms with van der Waals surface area (Å²) in [7, 11) is 0. The van der Waals surface area contributed by atoms with Gasteiger partial charge in [0, 0.05) is 6.42 Å². The van der Waals surface area contributed by atoms with Crippen molar-refractivity contribution in [2.24, 2.45) is 16.7 Å². The first-order chi connectivity index (χ1) is 5.21. The fraction of sp³-hybridized carbons (Fsp3) is 0.900. The van der Waals surface area contributed by atoms with Crippen LogP contribution in [0.1, 0.15) is 39.0 Å². The van der Waals surface area contributed by atoms with E-state index >= 15 is 0 Å². The predicted molar refractivity (Wildman–Crippen MR) is 42.1 cm³/mol. The van der Waals surface area contributed by atoms with Crippen LogP contribution in [0.25, 0.3) is 0 Å². The fourth-order valence-corrected chi connectivity index (χ4v) is 3.48. The Morgan fingerprint density at radius 2 is 1.73 bits per heavy atom. The van der Waals surface area contributed by atoms with Gasteiger partial charge in [0.05, 0.1) is 0 Å². The van der Waals surface area contributed by atoms with E-state index in [1.807, 2.05) is 0 Å². The van der Waals surface area contributed by atoms with Crippen LogP contribution in [0.15, 0.2) is 0 Å². The van der Waals surface area contributed by atoms with E-state index in [1.165, 1.54) is 25.7 Å². The van der Waals surface area contributed by atoms with Crippen molar-refractivity contribution in [3.8, 4) is 0 Å². The minimum absolute atomic E-state index is 0.407. The molecule has 3 aliphatic rings. The van der Waals surface area contributed by atoms with Crippen LogP contribution < -0.4 is 0 Å². The van der Waals surface area contributed by atoms with E-state index in [0.717, 1.165) is 23.2 Å². The summed E-state index contributed by atoms with van der Waals surface area (Å²) in [6, 6.07) is 0. The highest BCUT2D eigenvalue weighted by Gasteiger charge is 2.85. The van der Waals surface area contributed by atoms with Crippen LogP contribution in [0, 0.1) is 16.7 Å². The third kappa shape index (κ3) is 0.533. The maximum atomic E-state index is 10.9. The van der Waals surface area contributed by atoms with Crippen molar-refractivity contribution in [1.82, 2.24) is 0 Å². The van der Waals surface area contributed by atoms with Gasteiger partial charge in [0.2, 0.25) is 0 Å². The molecule has 0 aliphatic heterocycles. The van der Waals surface area contributed by atoms with Crippen LogP contribution in [0.4, 0.5) is 0 Å². The number of carbonyl (C=O) groups is 1. The second kappa shape index (κ2) is 1.41. The lowest BCUT2D eigenvalue weighted by Crippen LogP contribution is -1.93. The molecule has 0 unspecified atom stereocenters. The Kier molecular flexibility index (Phi) is 0.799. The number of ketones is 1. The minimum atomic E-state index is 0.407. The Balaban J connectivity index is 1.78. The first-order valence-electron chi connectivity index (χ1n) is 4.71. The number of hydrogen-bond acceptors (Lipinski definition) is 1. The molecule has 0 bridgehead atoms. The molecule has 2 spiro atoms. The van der Waals surface area contributed by atoms with Crippen LogP contribution in [0.3, 0.4) is 0 Å². The normalized spacial score (nSPS) is 39.2. The van der Waals surface area contributed by atoms with E-state index in [9.17, 15) is 4.79 Å². The van der Waals surface area contributed by atoms with Crippen molar-refractivity contribution in [2.75, 3.05) is 0 Å². The molecule has 3 saturated carbocycles. The van der Waals surface area contributed by atoms with Gasteiger partial charge in [-0.3, -0.25) is 0 Å². The number of Topliss-reactive ketones (excluding diaryl/α,β-unsaturated/α-hetero) is 1. The molecule has 0 N–H and O–H groups in total. The van der Waals surface area contributed by atoms with Gasteiger partial charge in [0.15, 0.2) is 0 Å². The van der Waals surface area contributed by atoms with Crippen LogP contribution >= 0.6 is 0 Å². The second-order valence-corrected chi connectivity index (χ2v) is 4.77. The summed E-state index contributed by atoms with van der Waals surface area (Å²) in [5.41, 5.74) is 1.47. The lowest BCUT2D eigenvalue weighted by molar-refractivity contribution is -0.117. The van der Waals surface area contributed by atoms with Crippen LogP contribution in [-0.4, -0.2) is 5.78 Å². The third-order valence-electron chi connectivity index (χ3n) is 4.31. The van der Waals surface area contributed by atoms with Crippen molar-refractivity contribution in [1.29, 1.82) is 0 Å². The molecule has 1 heteroatoms. The molecule has 0 radical (unpaired) electrons. The third-order valence-corrected chi connectivity index (χ3v) is 4.31. The van der Waals surface area contributed by atoms with Gasteiger partial charge >= 0.3 is 0 Å². The fourth-order valence-electron chi connectivity index (χ4n) is 3.48. The molecule has 1 nitrogen and oxygen atoms in total. The predicted octanol–water partition coefficient (Wildman–Crippen LogP) is 2.16. The average molecular weight is 150 g/mol. The van der Waals surface area contributed by atoms with Crippen LogP contribution in [-0.2, 0) is 4.79 Å². The van der Waals surface area contributed by atoms with E-state index in [0.29, 0.717) is 5.78 Å². The topological polar surface area (TPSA) is 17.1 Å². The molecule has 0 aromatic heterocycles. The first kappa shape index (κ1) is 6.22. The summed E-state index contributed by atoms with van der Waals surface area (Å²) in [5, 5.41) is 0. The summed E-state index contributed by atoms with van der Waals surface area (Å²) >= 11 is 0. The summed E-state index contributed by atoms with van der Waals surface area (Å²) in [4.78, 5) is 10.9. The summed E-state index contributed by atoms with van der Waals surface area (Å²) in [5.74, 6) is 1.23. The van der Waals surface area contributed by atoms with E-state index < -0.39 is 0 Å². The quantitative estimate of drug-likeness (QED) is 0.589. The lowest BCUT2D eigenvalue weighted by atomic mass is 10.1. The monoisotopic (exact) mass is 150 g/mol. The van der Waals surface area contributed by atoms with Gasteiger partial charge in [0.1, 0.15) is 5.78 Å². The second-order valence-electron chi connectivity index (χ2n) is 4.77. The van der Waals surface area contributed by atoms with E-state index in [2.05, 4.69) is 0 Å². The van der Waals surface area contributed by atoms with Gasteiger partial charge in [0.25, 0.3) is 0 Å². The van der Waals surface area contributed by atoms with Gasteiger partial charge in [-0.1, -0.05) is 0 Å². The standard InChI is InChI=1S/C10H14O/c1-7(11)6-8-9(2-3-9)10(8)4-5-10/h8H,2-6H2,1H3. The molecule has 0 aromatic rings. The number of hydrogen-bond donors (Lipinski definition) is 0. The Morgan fingerprint density at radius 1 is 1.27 bits per heavy atom. The molecular weight excluding hydrogens is 136 g/mol. The van der Waals surface area contributed by atoms with Gasteiger partial charge in [-0.2, -0.15) is 0 Å². The van der Waals surface area contributed by atoms with Crippen molar-refractivity contribution >= 4 is 5.78 Å². The van der Waals surface area contributed by atoms with E-state index in [4.69, 9.17) is 0 Å². The molecule has 3 rings (SSSR count). The minimum Gasteiger partial charge on any atom is -0.300 e. The molecular formula is C10H14O. The lowest BCUT2D eigenvalue weighted by Gasteiger charge is -1.89. The largest absolute Gasteiger partial charge is 0.300 e. The maximum absolute atomic E-state index is 10.9. The Hall–Kier alpha value is -0.330. The highest BCUT2D eigenvalue weighted by Crippen LogP contribution is 2.93. The molecule has 0 amide bonds. The molecule has 0 saturated heterocycles. The summed E-state index contributed by atoms with van der Waals surface area (Å²) in [6.45, 7) is 1.74. The van der Waals surface area contributed by atoms with Crippen LogP contribution in [0.5, 0.6) is 0 Å². The summed E-state index contributed by atoms with van der Waals surface area (Å²) < 4.78 is 0. The SMILES string of the molecule is CC(=O)CC1C2(CC2)C12CC2. The van der Waals surface area contributed by atoms with E-state index in [-0.39, 0.29) is 0 Å². The molecule has 11 heavy (non-hydrogen) atoms. The molecule has 3 aliphatic carbocycles. The highest BCUT2D eigenvalue weighted by molar-refractivity contribution is 5.77. The number of carbonyl (C=O) groups excluding carboxylic acids is 1. The Labute approximate surface area is 67.2 Å². The Bertz CT molecular complexity index is 215. The zero-order chi connectivity index (χ0) is 7.69. The van der Waals surface area contributed by atoms with Crippen molar-refractivity contribution in [3.05, 3.63) is 0 Å². The van der Waals surface area contributed by atoms with Gasteiger partial charge < -0.3 is 4.79 Å². The molecule has 3 fully saturated rings. The van der Waals surface area contributed by atoms with Crippen molar-refractivity contribution < 1.29 is 4.79 Å². The smallest absolute Gasteiger partial charge is 0.130 e. The molecule has 0 aromatic carbocycles. The number of fused-ring (bicyclic) bond motifs is 1. The zero-order valence-corrected chi connectivity index (χ0v) is 7.02. The maximum Gasteiger partial charge on any atom is 0.130 e. The van der Waals surface area contributed by atoms with Crippen LogP contribution in [0.2, 0.25) is 0 Å². The summed E-state index contributed by atoms with van der Waals surface area (Å²) in [6.07, 6.45) is 6.63.